The van der Waals surface area contributed by atoms with Gasteiger partial charge in [0, 0.05) is 13.5 Å². The number of esters is 1. The van der Waals surface area contributed by atoms with Crippen LogP contribution in [0.2, 0.25) is 0 Å². The number of ether oxygens (including phenoxy) is 2. The van der Waals surface area contributed by atoms with E-state index in [1.807, 2.05) is 20.8 Å². The number of nitrogens with zero attached hydrogens (tertiary/aromatic N) is 1. The van der Waals surface area contributed by atoms with Gasteiger partial charge in [-0.05, 0) is 32.8 Å². The summed E-state index contributed by atoms with van der Waals surface area (Å²) in [6.07, 6.45) is -0.187. The van der Waals surface area contributed by atoms with Gasteiger partial charge in [-0.3, -0.25) is 4.79 Å². The van der Waals surface area contributed by atoms with Crippen molar-refractivity contribution in [3.63, 3.8) is 0 Å². The lowest BCUT2D eigenvalue weighted by Crippen LogP contribution is -2.46. The van der Waals surface area contributed by atoms with E-state index in [2.05, 4.69) is 6.58 Å². The summed E-state index contributed by atoms with van der Waals surface area (Å²) >= 11 is 0. The van der Waals surface area contributed by atoms with Crippen molar-refractivity contribution in [3.05, 3.63) is 12.2 Å². The lowest BCUT2D eigenvalue weighted by Gasteiger charge is -2.34. The molecule has 0 spiro atoms. The standard InChI is InChI=1S/C13H21NO4/c1-9-6-7-14(8-11(9)17-10(2)15)12(16)18-13(3,4)5/h11H,1,6-8H2,2-5H3. The molecule has 1 saturated heterocycles. The first-order valence-electron chi connectivity index (χ1n) is 6.02. The van der Waals surface area contributed by atoms with Crippen LogP contribution in [0.4, 0.5) is 4.79 Å². The highest BCUT2D eigenvalue weighted by Gasteiger charge is 2.30. The number of likely N-dealkylation sites (tertiary alicyclic amines) is 1. The molecule has 0 aliphatic carbocycles. The summed E-state index contributed by atoms with van der Waals surface area (Å²) in [5.41, 5.74) is 0.313. The van der Waals surface area contributed by atoms with Gasteiger partial charge in [-0.15, -0.1) is 0 Å². The Morgan fingerprint density at radius 1 is 1.39 bits per heavy atom. The zero-order valence-corrected chi connectivity index (χ0v) is 11.5. The third kappa shape index (κ3) is 4.39. The molecule has 0 aromatic heterocycles. The van der Waals surface area contributed by atoms with Crippen LogP contribution in [0.5, 0.6) is 0 Å². The SMILES string of the molecule is C=C1CCN(C(=O)OC(C)(C)C)CC1OC(C)=O. The van der Waals surface area contributed by atoms with Crippen LogP contribution < -0.4 is 0 Å². The molecule has 5 nitrogen and oxygen atoms in total. The summed E-state index contributed by atoms with van der Waals surface area (Å²) < 4.78 is 10.4. The number of piperidine rings is 1. The van der Waals surface area contributed by atoms with E-state index in [0.29, 0.717) is 19.5 Å². The molecule has 0 N–H and O–H groups in total. The number of carbonyl (C=O) groups excluding carboxylic acids is 2. The number of carbonyl (C=O) groups is 2. The average molecular weight is 255 g/mol. The molecule has 1 aliphatic rings. The average Bonchev–Trinajstić information content (AvgIpc) is 2.17. The van der Waals surface area contributed by atoms with Crippen LogP contribution in [-0.4, -0.2) is 41.8 Å². The van der Waals surface area contributed by atoms with Gasteiger partial charge in [0.05, 0.1) is 6.54 Å². The Bertz CT molecular complexity index is 356. The molecule has 0 saturated carbocycles. The van der Waals surface area contributed by atoms with Gasteiger partial charge in [0.2, 0.25) is 0 Å². The molecule has 1 atom stereocenters. The fraction of sp³-hybridized carbons (Fsp3) is 0.692. The summed E-state index contributed by atoms with van der Waals surface area (Å²) in [5, 5.41) is 0. The third-order valence-electron chi connectivity index (χ3n) is 2.50. The highest BCUT2D eigenvalue weighted by Crippen LogP contribution is 2.20. The first-order chi connectivity index (χ1) is 8.19. The van der Waals surface area contributed by atoms with E-state index in [9.17, 15) is 9.59 Å². The first kappa shape index (κ1) is 14.5. The monoisotopic (exact) mass is 255 g/mol. The van der Waals surface area contributed by atoms with Crippen molar-refractivity contribution in [1.29, 1.82) is 0 Å². The minimum Gasteiger partial charge on any atom is -0.456 e. The van der Waals surface area contributed by atoms with Crippen LogP contribution in [-0.2, 0) is 14.3 Å². The molecule has 18 heavy (non-hydrogen) atoms. The van der Waals surface area contributed by atoms with Crippen LogP contribution in [0.25, 0.3) is 0 Å². The van der Waals surface area contributed by atoms with Crippen LogP contribution >= 0.6 is 0 Å². The van der Waals surface area contributed by atoms with E-state index in [0.717, 1.165) is 5.57 Å². The van der Waals surface area contributed by atoms with Crippen molar-refractivity contribution >= 4 is 12.1 Å². The van der Waals surface area contributed by atoms with Crippen LogP contribution in [0.15, 0.2) is 12.2 Å². The predicted molar refractivity (Wildman–Crippen MR) is 67.1 cm³/mol. The molecule has 1 fully saturated rings. The number of hydrogen-bond acceptors (Lipinski definition) is 4. The summed E-state index contributed by atoms with van der Waals surface area (Å²) in [7, 11) is 0. The summed E-state index contributed by atoms with van der Waals surface area (Å²) in [6.45, 7) is 11.5. The van der Waals surface area contributed by atoms with Crippen molar-refractivity contribution < 1.29 is 19.1 Å². The summed E-state index contributed by atoms with van der Waals surface area (Å²) in [5.74, 6) is -0.368. The Balaban J connectivity index is 2.61. The summed E-state index contributed by atoms with van der Waals surface area (Å²) in [6, 6.07) is 0. The van der Waals surface area contributed by atoms with Crippen molar-refractivity contribution in [3.8, 4) is 0 Å². The molecular formula is C13H21NO4. The molecule has 1 rings (SSSR count). The fourth-order valence-electron chi connectivity index (χ4n) is 1.67. The Morgan fingerprint density at radius 2 is 2.00 bits per heavy atom. The smallest absolute Gasteiger partial charge is 0.410 e. The second kappa shape index (κ2) is 5.42. The van der Waals surface area contributed by atoms with Crippen molar-refractivity contribution in [2.24, 2.45) is 0 Å². The molecule has 1 aliphatic heterocycles. The zero-order chi connectivity index (χ0) is 13.9. The molecule has 0 bridgehead atoms. The quantitative estimate of drug-likeness (QED) is 0.532. The normalized spacial score (nSPS) is 20.6. The van der Waals surface area contributed by atoms with E-state index in [1.165, 1.54) is 6.92 Å². The van der Waals surface area contributed by atoms with Crippen LogP contribution in [0, 0.1) is 0 Å². The van der Waals surface area contributed by atoms with E-state index in [4.69, 9.17) is 9.47 Å². The number of rotatable bonds is 1. The topological polar surface area (TPSA) is 55.8 Å². The number of hydrogen-bond donors (Lipinski definition) is 0. The molecule has 1 unspecified atom stereocenters. The van der Waals surface area contributed by atoms with E-state index >= 15 is 0 Å². The molecule has 5 heteroatoms. The van der Waals surface area contributed by atoms with Gasteiger partial charge in [0.1, 0.15) is 11.7 Å². The lowest BCUT2D eigenvalue weighted by molar-refractivity contribution is -0.146. The Labute approximate surface area is 108 Å². The maximum absolute atomic E-state index is 11.9. The van der Waals surface area contributed by atoms with E-state index < -0.39 is 11.7 Å². The Hall–Kier alpha value is -1.52. The Morgan fingerprint density at radius 3 is 2.50 bits per heavy atom. The van der Waals surface area contributed by atoms with Gasteiger partial charge in [-0.2, -0.15) is 0 Å². The van der Waals surface area contributed by atoms with Gasteiger partial charge >= 0.3 is 12.1 Å². The fourth-order valence-corrected chi connectivity index (χ4v) is 1.67. The molecule has 1 amide bonds. The first-order valence-corrected chi connectivity index (χ1v) is 6.02. The van der Waals surface area contributed by atoms with Crippen molar-refractivity contribution in [2.45, 2.75) is 45.8 Å². The minimum absolute atomic E-state index is 0.313. The van der Waals surface area contributed by atoms with Gasteiger partial charge in [-0.1, -0.05) is 6.58 Å². The summed E-state index contributed by atoms with van der Waals surface area (Å²) in [4.78, 5) is 24.4. The molecule has 0 aromatic rings. The van der Waals surface area contributed by atoms with Crippen LogP contribution in [0.3, 0.4) is 0 Å². The molecule has 102 valence electrons. The van der Waals surface area contributed by atoms with Gasteiger partial charge in [0.25, 0.3) is 0 Å². The highest BCUT2D eigenvalue weighted by atomic mass is 16.6. The zero-order valence-electron chi connectivity index (χ0n) is 11.5. The number of amides is 1. The predicted octanol–water partition coefficient (Wildman–Crippen LogP) is 2.12. The maximum atomic E-state index is 11.9. The second-order valence-electron chi connectivity index (χ2n) is 5.43. The van der Waals surface area contributed by atoms with Gasteiger partial charge in [0.15, 0.2) is 0 Å². The van der Waals surface area contributed by atoms with Gasteiger partial charge < -0.3 is 14.4 Å². The second-order valence-corrected chi connectivity index (χ2v) is 5.43. The molecular weight excluding hydrogens is 234 g/mol. The highest BCUT2D eigenvalue weighted by molar-refractivity contribution is 5.69. The largest absolute Gasteiger partial charge is 0.456 e. The Kier molecular flexibility index (Phi) is 4.38. The molecule has 0 aromatic carbocycles. The van der Waals surface area contributed by atoms with Gasteiger partial charge in [-0.25, -0.2) is 4.79 Å². The van der Waals surface area contributed by atoms with Crippen LogP contribution in [0.1, 0.15) is 34.1 Å². The van der Waals surface area contributed by atoms with E-state index in [-0.39, 0.29) is 12.1 Å². The molecule has 1 heterocycles. The maximum Gasteiger partial charge on any atom is 0.410 e. The third-order valence-corrected chi connectivity index (χ3v) is 2.50. The van der Waals surface area contributed by atoms with E-state index in [1.54, 1.807) is 4.90 Å². The lowest BCUT2D eigenvalue weighted by atomic mass is 10.0. The van der Waals surface area contributed by atoms with Crippen molar-refractivity contribution in [1.82, 2.24) is 4.90 Å². The minimum atomic E-state index is -0.525. The molecule has 0 radical (unpaired) electrons. The van der Waals surface area contributed by atoms with Crippen molar-refractivity contribution in [2.75, 3.05) is 13.1 Å².